The normalized spacial score (nSPS) is 13.1. The zero-order valence-corrected chi connectivity index (χ0v) is 7.79. The first-order valence-electron chi connectivity index (χ1n) is 4.38. The number of hydrogen-bond donors (Lipinski definition) is 1. The smallest absolute Gasteiger partial charge is 0.337 e. The molecule has 0 fully saturated rings. The van der Waals surface area contributed by atoms with Gasteiger partial charge >= 0.3 is 5.97 Å². The number of nitrogens with zero attached hydrogens (tertiary/aromatic N) is 2. The Balaban J connectivity index is 2.85. The molecule has 0 spiro atoms. The number of benzene rings is 1. The maximum atomic E-state index is 10.9. The van der Waals surface area contributed by atoms with Crippen LogP contribution < -0.4 is 10.6 Å². The molecule has 0 amide bonds. The minimum absolute atomic E-state index is 0.186. The molecular weight excluding hydrogens is 192 g/mol. The van der Waals surface area contributed by atoms with Crippen LogP contribution in [0.15, 0.2) is 40.5 Å². The molecule has 0 atom stereocenters. The van der Waals surface area contributed by atoms with Gasteiger partial charge in [0.05, 0.1) is 10.9 Å². The van der Waals surface area contributed by atoms with Gasteiger partial charge in [-0.2, -0.15) is 0 Å². The summed E-state index contributed by atoms with van der Waals surface area (Å²) in [6.07, 6.45) is 6.46. The summed E-state index contributed by atoms with van der Waals surface area (Å²) >= 11 is 0. The van der Waals surface area contributed by atoms with Crippen LogP contribution in [-0.4, -0.2) is 17.4 Å². The summed E-state index contributed by atoms with van der Waals surface area (Å²) in [7, 11) is 0. The van der Waals surface area contributed by atoms with Crippen molar-refractivity contribution in [3.05, 3.63) is 46.6 Å². The Morgan fingerprint density at radius 1 is 1.33 bits per heavy atom. The molecule has 0 aromatic heterocycles. The summed E-state index contributed by atoms with van der Waals surface area (Å²) in [6.45, 7) is 0. The fourth-order valence-corrected chi connectivity index (χ4v) is 1.34. The SMILES string of the molecule is O=C(O)c1cccc2c1=NC=NC=CC=2. The van der Waals surface area contributed by atoms with Crippen molar-refractivity contribution in [1.29, 1.82) is 0 Å². The third-order valence-electron chi connectivity index (χ3n) is 2.00. The lowest BCUT2D eigenvalue weighted by Gasteiger charge is -1.96. The Hall–Kier alpha value is -2.23. The maximum absolute atomic E-state index is 10.9. The number of aromatic carboxylic acids is 1. The van der Waals surface area contributed by atoms with Gasteiger partial charge in [-0.25, -0.2) is 14.8 Å². The summed E-state index contributed by atoms with van der Waals surface area (Å²) in [4.78, 5) is 18.8. The number of carbonyl (C=O) groups is 1. The van der Waals surface area contributed by atoms with Gasteiger partial charge in [0.25, 0.3) is 0 Å². The van der Waals surface area contributed by atoms with E-state index in [2.05, 4.69) is 9.98 Å². The summed E-state index contributed by atoms with van der Waals surface area (Å²) in [6, 6.07) is 5.04. The van der Waals surface area contributed by atoms with E-state index in [1.54, 1.807) is 24.4 Å². The van der Waals surface area contributed by atoms with Gasteiger partial charge in [-0.05, 0) is 12.1 Å². The van der Waals surface area contributed by atoms with E-state index in [0.717, 1.165) is 5.22 Å². The van der Waals surface area contributed by atoms with Crippen molar-refractivity contribution in [3.63, 3.8) is 0 Å². The Kier molecular flexibility index (Phi) is 2.41. The number of hydrogen-bond acceptors (Lipinski definition) is 3. The third kappa shape index (κ3) is 1.83. The number of para-hydroxylation sites is 1. The molecule has 1 aromatic rings. The highest BCUT2D eigenvalue weighted by molar-refractivity contribution is 5.87. The summed E-state index contributed by atoms with van der Waals surface area (Å²) in [5.41, 5.74) is 0.186. The Labute approximate surface area is 85.6 Å². The van der Waals surface area contributed by atoms with Crippen molar-refractivity contribution in [1.82, 2.24) is 0 Å². The molecule has 1 aliphatic rings. The van der Waals surface area contributed by atoms with E-state index in [1.807, 2.05) is 6.07 Å². The Bertz CT molecular complexity index is 571. The second-order valence-electron chi connectivity index (χ2n) is 2.95. The maximum Gasteiger partial charge on any atom is 0.337 e. The summed E-state index contributed by atoms with van der Waals surface area (Å²) < 4.78 is 0. The quantitative estimate of drug-likeness (QED) is 0.710. The van der Waals surface area contributed by atoms with Crippen LogP contribution in [0.5, 0.6) is 0 Å². The van der Waals surface area contributed by atoms with E-state index < -0.39 is 5.97 Å². The van der Waals surface area contributed by atoms with E-state index in [-0.39, 0.29) is 5.56 Å². The fraction of sp³-hybridized carbons (Fsp3) is 0. The first-order valence-corrected chi connectivity index (χ1v) is 4.38. The van der Waals surface area contributed by atoms with Crippen LogP contribution in [0.1, 0.15) is 10.4 Å². The predicted octanol–water partition coefficient (Wildman–Crippen LogP) is 0.341. The topological polar surface area (TPSA) is 62.0 Å². The summed E-state index contributed by atoms with van der Waals surface area (Å²) in [5.74, 6) is -0.984. The molecule has 0 bridgehead atoms. The van der Waals surface area contributed by atoms with Crippen LogP contribution in [0.4, 0.5) is 0 Å². The molecule has 0 saturated carbocycles. The van der Waals surface area contributed by atoms with Crippen molar-refractivity contribution in [2.24, 2.45) is 9.98 Å². The Morgan fingerprint density at radius 3 is 3.00 bits per heavy atom. The van der Waals surface area contributed by atoms with Crippen molar-refractivity contribution in [2.75, 3.05) is 0 Å². The Morgan fingerprint density at radius 2 is 2.20 bits per heavy atom. The van der Waals surface area contributed by atoms with E-state index >= 15 is 0 Å². The number of carboxylic acid groups (broad SMARTS) is 1. The molecule has 1 heterocycles. The first kappa shape index (κ1) is 9.33. The van der Waals surface area contributed by atoms with Gasteiger partial charge in [-0.3, -0.25) is 0 Å². The van der Waals surface area contributed by atoms with Crippen LogP contribution in [0, 0.1) is 0 Å². The van der Waals surface area contributed by atoms with Gasteiger partial charge in [0.15, 0.2) is 0 Å². The van der Waals surface area contributed by atoms with E-state index in [4.69, 9.17) is 5.11 Å². The van der Waals surface area contributed by atoms with Crippen LogP contribution in [-0.2, 0) is 0 Å². The van der Waals surface area contributed by atoms with Crippen LogP contribution in [0.2, 0.25) is 0 Å². The molecule has 2 rings (SSSR count). The van der Waals surface area contributed by atoms with Crippen molar-refractivity contribution < 1.29 is 9.90 Å². The molecule has 0 unspecified atom stereocenters. The molecule has 4 heteroatoms. The lowest BCUT2D eigenvalue weighted by Crippen LogP contribution is -2.31. The lowest BCUT2D eigenvalue weighted by molar-refractivity contribution is 0.0695. The fourth-order valence-electron chi connectivity index (χ4n) is 1.34. The second-order valence-corrected chi connectivity index (χ2v) is 2.95. The molecule has 0 saturated heterocycles. The molecule has 74 valence electrons. The molecule has 15 heavy (non-hydrogen) atoms. The van der Waals surface area contributed by atoms with Crippen molar-refractivity contribution in [2.45, 2.75) is 0 Å². The zero-order valence-electron chi connectivity index (χ0n) is 7.79. The average Bonchev–Trinajstić information content (AvgIpc) is 2.17. The van der Waals surface area contributed by atoms with Crippen LogP contribution in [0.3, 0.4) is 0 Å². The average molecular weight is 200 g/mol. The second kappa shape index (κ2) is 3.88. The molecular formula is C11H8N2O2. The predicted molar refractivity (Wildman–Crippen MR) is 56.3 cm³/mol. The van der Waals surface area contributed by atoms with Gasteiger partial charge < -0.3 is 5.11 Å². The number of aliphatic imine (C=N–C) groups is 1. The molecule has 1 N–H and O–H groups in total. The molecule has 4 nitrogen and oxygen atoms in total. The molecule has 1 aliphatic heterocycles. The highest BCUT2D eigenvalue weighted by Crippen LogP contribution is 1.89. The number of rotatable bonds is 1. The highest BCUT2D eigenvalue weighted by atomic mass is 16.4. The highest BCUT2D eigenvalue weighted by Gasteiger charge is 2.05. The molecule has 0 radical (unpaired) electrons. The largest absolute Gasteiger partial charge is 0.478 e. The van der Waals surface area contributed by atoms with E-state index in [9.17, 15) is 4.79 Å². The first-order chi connectivity index (χ1) is 7.29. The molecule has 0 aliphatic carbocycles. The van der Waals surface area contributed by atoms with Gasteiger partial charge in [-0.1, -0.05) is 18.2 Å². The van der Waals surface area contributed by atoms with E-state index in [0.29, 0.717) is 5.36 Å². The third-order valence-corrected chi connectivity index (χ3v) is 2.00. The van der Waals surface area contributed by atoms with Crippen LogP contribution >= 0.6 is 0 Å². The van der Waals surface area contributed by atoms with Gasteiger partial charge in [-0.15, -0.1) is 0 Å². The van der Waals surface area contributed by atoms with E-state index in [1.165, 1.54) is 12.4 Å². The van der Waals surface area contributed by atoms with Crippen molar-refractivity contribution in [3.8, 4) is 0 Å². The standard InChI is InChI=1S/C11H8N2O2/c14-11(15)9-5-1-3-8-4-2-6-12-7-13-10(8)9/h1-7H,(H,14,15). The van der Waals surface area contributed by atoms with Gasteiger partial charge in [0, 0.05) is 11.4 Å². The molecule has 1 aromatic carbocycles. The number of allylic oxidation sites excluding steroid dienone is 1. The number of fused-ring (bicyclic) bond motifs is 1. The minimum Gasteiger partial charge on any atom is -0.478 e. The number of carboxylic acids is 1. The lowest BCUT2D eigenvalue weighted by atomic mass is 10.1. The van der Waals surface area contributed by atoms with Crippen molar-refractivity contribution >= 4 is 18.4 Å². The minimum atomic E-state index is -0.984. The van der Waals surface area contributed by atoms with Crippen LogP contribution in [0.25, 0.3) is 6.08 Å². The summed E-state index contributed by atoms with van der Waals surface area (Å²) in [5, 5.41) is 10.2. The van der Waals surface area contributed by atoms with Gasteiger partial charge in [0.2, 0.25) is 0 Å². The zero-order chi connectivity index (χ0) is 10.7. The monoisotopic (exact) mass is 200 g/mol. The van der Waals surface area contributed by atoms with Gasteiger partial charge in [0.1, 0.15) is 6.34 Å².